The van der Waals surface area contributed by atoms with E-state index in [2.05, 4.69) is 22.2 Å². The number of likely N-dealkylation sites (N-methyl/N-ethyl adjacent to an activating group) is 1. The number of nitrogens with one attached hydrogen (secondary N) is 1. The molecule has 268 valence electrons. The number of nitrogens with zero attached hydrogens (tertiary/aromatic N) is 3. The Labute approximate surface area is 310 Å². The number of unbranched alkanes of at least 4 members (excludes halogenated alkanes) is 5. The van der Waals surface area contributed by atoms with Gasteiger partial charge >= 0.3 is 0 Å². The van der Waals surface area contributed by atoms with E-state index in [1.165, 1.54) is 64.0 Å². The van der Waals surface area contributed by atoms with Gasteiger partial charge in [0, 0.05) is 50.0 Å². The molecule has 0 aromatic heterocycles. The van der Waals surface area contributed by atoms with Crippen LogP contribution in [-0.4, -0.2) is 75.0 Å². The van der Waals surface area contributed by atoms with Gasteiger partial charge in [0.05, 0.1) is 12.3 Å². The number of para-hydroxylation sites is 2. The van der Waals surface area contributed by atoms with Crippen molar-refractivity contribution < 1.29 is 14.3 Å². The lowest BCUT2D eigenvalue weighted by atomic mass is 9.98. The van der Waals surface area contributed by atoms with E-state index >= 15 is 0 Å². The van der Waals surface area contributed by atoms with E-state index in [0.717, 1.165) is 29.7 Å². The van der Waals surface area contributed by atoms with Crippen LogP contribution in [-0.2, 0) is 0 Å². The predicted octanol–water partition coefficient (Wildman–Crippen LogP) is 9.00. The Morgan fingerprint density at radius 1 is 0.740 bits per heavy atom. The molecule has 4 aromatic rings. The standard InChI is InChI=1S/C41H50N4O3.2ClH/c1-32-18-20-33(21-19-32)36-14-8-9-15-37(36)40(46)42-35-24-22-34(23-25-35)41(47)44(3)38-16-10-11-17-39(38)48-31-13-7-5-4-6-12-26-45-29-27-43(2)28-30-45;;/h8-11,14-25H,4-7,12-13,26-31H2,1-3H3,(H,42,46);2*1H. The van der Waals surface area contributed by atoms with Gasteiger partial charge in [0.15, 0.2) is 0 Å². The Morgan fingerprint density at radius 2 is 1.36 bits per heavy atom. The molecule has 1 saturated heterocycles. The molecule has 50 heavy (non-hydrogen) atoms. The summed E-state index contributed by atoms with van der Waals surface area (Å²) in [7, 11) is 3.97. The zero-order valence-electron chi connectivity index (χ0n) is 29.6. The van der Waals surface area contributed by atoms with Crippen molar-refractivity contribution in [2.75, 3.05) is 63.6 Å². The van der Waals surface area contributed by atoms with Crippen molar-refractivity contribution in [1.29, 1.82) is 0 Å². The molecule has 9 heteroatoms. The van der Waals surface area contributed by atoms with Crippen LogP contribution in [0.1, 0.15) is 64.8 Å². The van der Waals surface area contributed by atoms with Gasteiger partial charge in [-0.05, 0) is 86.9 Å². The number of aryl methyl sites for hydroxylation is 1. The van der Waals surface area contributed by atoms with E-state index in [0.29, 0.717) is 29.2 Å². The van der Waals surface area contributed by atoms with Crippen LogP contribution < -0.4 is 15.0 Å². The molecule has 0 saturated carbocycles. The van der Waals surface area contributed by atoms with Crippen LogP contribution in [0.15, 0.2) is 97.1 Å². The second-order valence-corrected chi connectivity index (χ2v) is 12.9. The van der Waals surface area contributed by atoms with Gasteiger partial charge in [0.25, 0.3) is 11.8 Å². The number of hydrogen-bond acceptors (Lipinski definition) is 5. The molecule has 0 radical (unpaired) electrons. The number of ether oxygens (including phenoxy) is 1. The van der Waals surface area contributed by atoms with Gasteiger partial charge in [-0.3, -0.25) is 9.59 Å². The maximum Gasteiger partial charge on any atom is 0.258 e. The van der Waals surface area contributed by atoms with Crippen LogP contribution in [0, 0.1) is 6.92 Å². The zero-order valence-corrected chi connectivity index (χ0v) is 31.2. The van der Waals surface area contributed by atoms with Gasteiger partial charge in [-0.1, -0.05) is 85.8 Å². The summed E-state index contributed by atoms with van der Waals surface area (Å²) >= 11 is 0. The summed E-state index contributed by atoms with van der Waals surface area (Å²) in [5.41, 5.74) is 5.50. The Kier molecular flexibility index (Phi) is 16.8. The topological polar surface area (TPSA) is 65.1 Å². The summed E-state index contributed by atoms with van der Waals surface area (Å²) in [5.74, 6) is 0.358. The Morgan fingerprint density at radius 3 is 2.08 bits per heavy atom. The Balaban J connectivity index is 0.00000338. The van der Waals surface area contributed by atoms with E-state index in [4.69, 9.17) is 4.74 Å². The molecule has 2 amide bonds. The molecule has 0 atom stereocenters. The summed E-state index contributed by atoms with van der Waals surface area (Å²) in [4.78, 5) is 33.4. The molecule has 1 heterocycles. The van der Waals surface area contributed by atoms with Crippen LogP contribution in [0.4, 0.5) is 11.4 Å². The maximum atomic E-state index is 13.5. The van der Waals surface area contributed by atoms with Crippen LogP contribution in [0.3, 0.4) is 0 Å². The number of benzene rings is 4. The molecule has 4 aromatic carbocycles. The summed E-state index contributed by atoms with van der Waals surface area (Å²) in [6.45, 7) is 8.68. The fraction of sp³-hybridized carbons (Fsp3) is 0.366. The van der Waals surface area contributed by atoms with E-state index in [1.54, 1.807) is 36.2 Å². The minimum Gasteiger partial charge on any atom is -0.491 e. The number of halogens is 2. The lowest BCUT2D eigenvalue weighted by molar-refractivity contribution is 0.0990. The molecule has 1 aliphatic rings. The number of rotatable bonds is 15. The van der Waals surface area contributed by atoms with Crippen molar-refractivity contribution in [3.05, 3.63) is 114 Å². The van der Waals surface area contributed by atoms with Crippen molar-refractivity contribution in [3.8, 4) is 16.9 Å². The zero-order chi connectivity index (χ0) is 33.7. The second kappa shape index (κ2) is 20.7. The monoisotopic (exact) mass is 718 g/mol. The minimum atomic E-state index is -0.199. The molecule has 7 nitrogen and oxygen atoms in total. The lowest BCUT2D eigenvalue weighted by Crippen LogP contribution is -2.44. The highest BCUT2D eigenvalue weighted by atomic mass is 35.5. The summed E-state index contributed by atoms with van der Waals surface area (Å²) in [5, 5.41) is 2.99. The summed E-state index contributed by atoms with van der Waals surface area (Å²) in [6.07, 6.45) is 7.21. The molecular formula is C41H52Cl2N4O3. The first-order valence-corrected chi connectivity index (χ1v) is 17.4. The van der Waals surface area contributed by atoms with Gasteiger partial charge in [-0.25, -0.2) is 0 Å². The third-order valence-electron chi connectivity index (χ3n) is 9.18. The summed E-state index contributed by atoms with van der Waals surface area (Å²) < 4.78 is 6.16. The third-order valence-corrected chi connectivity index (χ3v) is 9.18. The fourth-order valence-corrected chi connectivity index (χ4v) is 6.12. The molecule has 1 fully saturated rings. The van der Waals surface area contributed by atoms with Crippen LogP contribution in [0.25, 0.3) is 11.1 Å². The van der Waals surface area contributed by atoms with Crippen molar-refractivity contribution in [2.45, 2.75) is 45.4 Å². The number of piperazine rings is 1. The average Bonchev–Trinajstić information content (AvgIpc) is 3.12. The first-order chi connectivity index (χ1) is 23.4. The lowest BCUT2D eigenvalue weighted by Gasteiger charge is -2.32. The maximum absolute atomic E-state index is 13.5. The van der Waals surface area contributed by atoms with E-state index in [1.807, 2.05) is 79.7 Å². The van der Waals surface area contributed by atoms with Crippen LogP contribution >= 0.6 is 24.8 Å². The van der Waals surface area contributed by atoms with Crippen LogP contribution in [0.5, 0.6) is 5.75 Å². The van der Waals surface area contributed by atoms with E-state index < -0.39 is 0 Å². The van der Waals surface area contributed by atoms with Crippen molar-refractivity contribution in [3.63, 3.8) is 0 Å². The Hall–Kier alpha value is -3.88. The minimum absolute atomic E-state index is 0. The summed E-state index contributed by atoms with van der Waals surface area (Å²) in [6, 6.07) is 30.4. The molecule has 0 unspecified atom stereocenters. The molecule has 0 spiro atoms. The highest BCUT2D eigenvalue weighted by molar-refractivity contribution is 6.09. The number of hydrogen-bond donors (Lipinski definition) is 1. The van der Waals surface area contributed by atoms with Crippen molar-refractivity contribution >= 4 is 48.0 Å². The van der Waals surface area contributed by atoms with E-state index in [-0.39, 0.29) is 36.6 Å². The highest BCUT2D eigenvalue weighted by Crippen LogP contribution is 2.29. The van der Waals surface area contributed by atoms with Gasteiger partial charge < -0.3 is 24.8 Å². The SMILES string of the molecule is Cc1ccc(-c2ccccc2C(=O)Nc2ccc(C(=O)N(C)c3ccccc3OCCCCCCCCN3CCN(C)CC3)cc2)cc1.Cl.Cl. The fourth-order valence-electron chi connectivity index (χ4n) is 6.12. The van der Waals surface area contributed by atoms with Gasteiger partial charge in [-0.15, -0.1) is 24.8 Å². The number of carbonyl (C=O) groups is 2. The third kappa shape index (κ3) is 11.6. The molecule has 1 aliphatic heterocycles. The van der Waals surface area contributed by atoms with Gasteiger partial charge in [-0.2, -0.15) is 0 Å². The first kappa shape index (κ1) is 40.5. The molecule has 1 N–H and O–H groups in total. The highest BCUT2D eigenvalue weighted by Gasteiger charge is 2.18. The molecule has 0 aliphatic carbocycles. The molecule has 5 rings (SSSR count). The normalized spacial score (nSPS) is 13.1. The van der Waals surface area contributed by atoms with Crippen LogP contribution in [0.2, 0.25) is 0 Å². The number of amides is 2. The Bertz CT molecular complexity index is 1620. The number of carbonyl (C=O) groups excluding carboxylic acids is 2. The van der Waals surface area contributed by atoms with Gasteiger partial charge in [0.2, 0.25) is 0 Å². The quantitative estimate of drug-likeness (QED) is 0.124. The van der Waals surface area contributed by atoms with E-state index in [9.17, 15) is 9.59 Å². The predicted molar refractivity (Wildman–Crippen MR) is 212 cm³/mol. The van der Waals surface area contributed by atoms with Gasteiger partial charge in [0.1, 0.15) is 5.75 Å². The second-order valence-electron chi connectivity index (χ2n) is 12.9. The largest absolute Gasteiger partial charge is 0.491 e. The van der Waals surface area contributed by atoms with Crippen molar-refractivity contribution in [2.24, 2.45) is 0 Å². The van der Waals surface area contributed by atoms with Crippen molar-refractivity contribution in [1.82, 2.24) is 9.80 Å². The number of anilines is 2. The smallest absolute Gasteiger partial charge is 0.258 e. The average molecular weight is 720 g/mol. The first-order valence-electron chi connectivity index (χ1n) is 17.4. The molecular weight excluding hydrogens is 667 g/mol. The molecule has 0 bridgehead atoms.